The summed E-state index contributed by atoms with van der Waals surface area (Å²) in [5.74, 6) is -0.955. The SMILES string of the molecule is CCN(C(=O)c1ccc(-c2cc(C(=O)NC3CCC3)cc(F)c2C)nn1)C(C)C. The lowest BCUT2D eigenvalue weighted by molar-refractivity contribution is 0.0709. The third-order valence-corrected chi connectivity index (χ3v) is 5.43. The molecule has 0 aliphatic heterocycles. The predicted octanol–water partition coefficient (Wildman–Crippen LogP) is 3.74. The summed E-state index contributed by atoms with van der Waals surface area (Å²) in [5.41, 5.74) is 1.79. The van der Waals surface area contributed by atoms with Gasteiger partial charge in [-0.2, -0.15) is 0 Å². The zero-order valence-electron chi connectivity index (χ0n) is 17.3. The van der Waals surface area contributed by atoms with Gasteiger partial charge in [0.2, 0.25) is 0 Å². The number of benzene rings is 1. The summed E-state index contributed by atoms with van der Waals surface area (Å²) in [7, 11) is 0. The fourth-order valence-electron chi connectivity index (χ4n) is 3.38. The first-order valence-electron chi connectivity index (χ1n) is 10.1. The third-order valence-electron chi connectivity index (χ3n) is 5.43. The molecule has 0 saturated heterocycles. The number of halogens is 1. The maximum Gasteiger partial charge on any atom is 0.274 e. The van der Waals surface area contributed by atoms with Crippen LogP contribution < -0.4 is 5.32 Å². The number of nitrogens with zero attached hydrogens (tertiary/aromatic N) is 3. The Kier molecular flexibility index (Phi) is 6.25. The van der Waals surface area contributed by atoms with E-state index in [-0.39, 0.29) is 35.2 Å². The van der Waals surface area contributed by atoms with E-state index in [1.165, 1.54) is 6.07 Å². The van der Waals surface area contributed by atoms with E-state index in [2.05, 4.69) is 15.5 Å². The number of hydrogen-bond donors (Lipinski definition) is 1. The molecule has 1 aliphatic carbocycles. The number of amides is 2. The van der Waals surface area contributed by atoms with Crippen LogP contribution in [0.25, 0.3) is 11.3 Å². The zero-order valence-corrected chi connectivity index (χ0v) is 17.3. The second-order valence-corrected chi connectivity index (χ2v) is 7.72. The largest absolute Gasteiger partial charge is 0.349 e. The van der Waals surface area contributed by atoms with Crippen LogP contribution in [0.5, 0.6) is 0 Å². The molecule has 1 N–H and O–H groups in total. The molecule has 1 fully saturated rings. The summed E-state index contributed by atoms with van der Waals surface area (Å²) in [4.78, 5) is 26.7. The van der Waals surface area contributed by atoms with E-state index in [1.54, 1.807) is 30.0 Å². The van der Waals surface area contributed by atoms with Crippen molar-refractivity contribution in [1.29, 1.82) is 0 Å². The highest BCUT2D eigenvalue weighted by molar-refractivity contribution is 5.96. The van der Waals surface area contributed by atoms with Gasteiger partial charge in [0.1, 0.15) is 5.82 Å². The average Bonchev–Trinajstić information content (AvgIpc) is 2.67. The molecule has 1 aromatic heterocycles. The second kappa shape index (κ2) is 8.68. The van der Waals surface area contributed by atoms with E-state index < -0.39 is 5.82 Å². The molecule has 2 amide bonds. The van der Waals surface area contributed by atoms with Gasteiger partial charge >= 0.3 is 0 Å². The normalized spacial score (nSPS) is 13.9. The highest BCUT2D eigenvalue weighted by Gasteiger charge is 2.22. The summed E-state index contributed by atoms with van der Waals surface area (Å²) >= 11 is 0. The van der Waals surface area contributed by atoms with E-state index in [9.17, 15) is 14.0 Å². The molecule has 2 aromatic rings. The minimum Gasteiger partial charge on any atom is -0.349 e. The number of carbonyl (C=O) groups is 2. The summed E-state index contributed by atoms with van der Waals surface area (Å²) in [6, 6.07) is 6.33. The number of rotatable bonds is 6. The molecule has 29 heavy (non-hydrogen) atoms. The molecule has 0 atom stereocenters. The van der Waals surface area contributed by atoms with Crippen molar-refractivity contribution in [3.8, 4) is 11.3 Å². The molecule has 1 aliphatic rings. The van der Waals surface area contributed by atoms with Gasteiger partial charge in [-0.05, 0) is 76.8 Å². The number of hydrogen-bond acceptors (Lipinski definition) is 4. The first-order valence-corrected chi connectivity index (χ1v) is 10.1. The van der Waals surface area contributed by atoms with E-state index in [0.717, 1.165) is 19.3 Å². The molecule has 1 heterocycles. The van der Waals surface area contributed by atoms with Crippen molar-refractivity contribution in [2.75, 3.05) is 6.54 Å². The topological polar surface area (TPSA) is 75.2 Å². The Morgan fingerprint density at radius 2 is 1.97 bits per heavy atom. The van der Waals surface area contributed by atoms with Crippen molar-refractivity contribution in [2.45, 2.75) is 59.0 Å². The molecule has 0 spiro atoms. The highest BCUT2D eigenvalue weighted by atomic mass is 19.1. The second-order valence-electron chi connectivity index (χ2n) is 7.72. The summed E-state index contributed by atoms with van der Waals surface area (Å²) in [6.45, 7) is 8.00. The predicted molar refractivity (Wildman–Crippen MR) is 109 cm³/mol. The van der Waals surface area contributed by atoms with Crippen LogP contribution >= 0.6 is 0 Å². The molecule has 0 radical (unpaired) electrons. The molecule has 1 aromatic carbocycles. The van der Waals surface area contributed by atoms with Gasteiger partial charge in [-0.3, -0.25) is 9.59 Å². The van der Waals surface area contributed by atoms with Crippen molar-refractivity contribution in [1.82, 2.24) is 20.4 Å². The van der Waals surface area contributed by atoms with Crippen molar-refractivity contribution in [3.63, 3.8) is 0 Å². The smallest absolute Gasteiger partial charge is 0.274 e. The Labute approximate surface area is 170 Å². The van der Waals surface area contributed by atoms with Crippen LogP contribution in [0.3, 0.4) is 0 Å². The van der Waals surface area contributed by atoms with Crippen molar-refractivity contribution >= 4 is 11.8 Å². The van der Waals surface area contributed by atoms with Gasteiger partial charge < -0.3 is 10.2 Å². The van der Waals surface area contributed by atoms with Crippen LogP contribution in [0, 0.1) is 12.7 Å². The fraction of sp³-hybridized carbons (Fsp3) is 0.455. The Hall–Kier alpha value is -2.83. The van der Waals surface area contributed by atoms with Crippen LogP contribution in [0.1, 0.15) is 66.4 Å². The van der Waals surface area contributed by atoms with Gasteiger partial charge in [0.15, 0.2) is 5.69 Å². The minimum absolute atomic E-state index is 0.0520. The van der Waals surface area contributed by atoms with Crippen molar-refractivity contribution < 1.29 is 14.0 Å². The highest BCUT2D eigenvalue weighted by Crippen LogP contribution is 2.26. The molecule has 3 rings (SSSR count). The van der Waals surface area contributed by atoms with Crippen LogP contribution in [0.15, 0.2) is 24.3 Å². The van der Waals surface area contributed by atoms with Crippen molar-refractivity contribution in [2.24, 2.45) is 0 Å². The first-order chi connectivity index (χ1) is 13.8. The van der Waals surface area contributed by atoms with E-state index in [1.807, 2.05) is 20.8 Å². The van der Waals surface area contributed by atoms with Gasteiger partial charge in [-0.25, -0.2) is 4.39 Å². The average molecular weight is 398 g/mol. The number of carbonyl (C=O) groups excluding carboxylic acids is 2. The molecule has 7 heteroatoms. The van der Waals surface area contributed by atoms with Crippen molar-refractivity contribution in [3.05, 3.63) is 46.9 Å². The lowest BCUT2D eigenvalue weighted by Crippen LogP contribution is -2.39. The monoisotopic (exact) mass is 398 g/mol. The third kappa shape index (κ3) is 4.44. The quantitative estimate of drug-likeness (QED) is 0.804. The maximum absolute atomic E-state index is 14.5. The van der Waals surface area contributed by atoms with E-state index >= 15 is 0 Å². The first kappa shape index (κ1) is 20.9. The Bertz CT molecular complexity index is 908. The molecule has 6 nitrogen and oxygen atoms in total. The molecule has 1 saturated carbocycles. The molecule has 0 bridgehead atoms. The Morgan fingerprint density at radius 3 is 2.48 bits per heavy atom. The zero-order chi connectivity index (χ0) is 21.1. The molecular formula is C22H27FN4O2. The molecule has 154 valence electrons. The molecular weight excluding hydrogens is 371 g/mol. The Balaban J connectivity index is 1.87. The van der Waals surface area contributed by atoms with E-state index in [0.29, 0.717) is 23.4 Å². The maximum atomic E-state index is 14.5. The minimum atomic E-state index is -0.472. The van der Waals surface area contributed by atoms with E-state index in [4.69, 9.17) is 0 Å². The lowest BCUT2D eigenvalue weighted by atomic mass is 9.92. The van der Waals surface area contributed by atoms with Gasteiger partial charge in [-0.15, -0.1) is 10.2 Å². The van der Waals surface area contributed by atoms with Gasteiger partial charge in [-0.1, -0.05) is 0 Å². The number of nitrogens with one attached hydrogen (secondary N) is 1. The van der Waals surface area contributed by atoms with Gasteiger partial charge in [0, 0.05) is 29.8 Å². The van der Waals surface area contributed by atoms with Gasteiger partial charge in [0.05, 0.1) is 5.69 Å². The van der Waals surface area contributed by atoms with Crippen LogP contribution in [-0.2, 0) is 0 Å². The fourth-order valence-corrected chi connectivity index (χ4v) is 3.38. The molecule has 0 unspecified atom stereocenters. The summed E-state index contributed by atoms with van der Waals surface area (Å²) in [6.07, 6.45) is 3.02. The number of aromatic nitrogens is 2. The summed E-state index contributed by atoms with van der Waals surface area (Å²) < 4.78 is 14.5. The lowest BCUT2D eigenvalue weighted by Gasteiger charge is -2.26. The standard InChI is InChI=1S/C22H27FN4O2/c1-5-27(13(2)3)22(29)20-10-9-19(25-26-20)17-11-15(12-18(23)14(17)4)21(28)24-16-7-6-8-16/h9-13,16H,5-8H2,1-4H3,(H,24,28). The summed E-state index contributed by atoms with van der Waals surface area (Å²) in [5, 5.41) is 11.1. The van der Waals surface area contributed by atoms with Crippen LogP contribution in [-0.4, -0.2) is 45.5 Å². The van der Waals surface area contributed by atoms with Crippen LogP contribution in [0.4, 0.5) is 4.39 Å². The Morgan fingerprint density at radius 1 is 1.24 bits per heavy atom. The van der Waals surface area contributed by atoms with Gasteiger partial charge in [0.25, 0.3) is 11.8 Å². The van der Waals surface area contributed by atoms with Crippen LogP contribution in [0.2, 0.25) is 0 Å².